The SMILES string of the molecule is N#CCS(=O)(=O)N1CCC(c2cnnc3nnc4[nH]ccc4c23)C1. The molecule has 4 heterocycles. The Morgan fingerprint density at radius 3 is 3.08 bits per heavy atom. The molecule has 1 aliphatic rings. The number of rotatable bonds is 3. The van der Waals surface area contributed by atoms with Crippen LogP contribution in [0.1, 0.15) is 17.9 Å². The van der Waals surface area contributed by atoms with Crippen molar-refractivity contribution in [3.63, 3.8) is 0 Å². The Bertz CT molecular complexity index is 1070. The van der Waals surface area contributed by atoms with Gasteiger partial charge in [0.1, 0.15) is 0 Å². The number of aromatic nitrogens is 5. The molecular formula is C14H13N7O2S. The third kappa shape index (κ3) is 2.29. The van der Waals surface area contributed by atoms with Crippen LogP contribution in [0.3, 0.4) is 0 Å². The highest BCUT2D eigenvalue weighted by molar-refractivity contribution is 7.89. The predicted octanol–water partition coefficient (Wildman–Crippen LogP) is 0.544. The molecule has 1 saturated heterocycles. The van der Waals surface area contributed by atoms with E-state index in [-0.39, 0.29) is 5.92 Å². The fourth-order valence-electron chi connectivity index (χ4n) is 3.19. The van der Waals surface area contributed by atoms with Gasteiger partial charge in [-0.05, 0) is 18.1 Å². The lowest BCUT2D eigenvalue weighted by molar-refractivity contribution is 0.476. The number of nitrogens with zero attached hydrogens (tertiary/aromatic N) is 6. The van der Waals surface area contributed by atoms with Crippen molar-refractivity contribution < 1.29 is 8.42 Å². The number of aromatic amines is 1. The molecule has 1 atom stereocenters. The molecule has 0 aliphatic carbocycles. The normalized spacial score (nSPS) is 19.0. The van der Waals surface area contributed by atoms with Crippen LogP contribution in [0.15, 0.2) is 18.5 Å². The lowest BCUT2D eigenvalue weighted by Gasteiger charge is -2.15. The van der Waals surface area contributed by atoms with E-state index in [1.54, 1.807) is 18.5 Å². The second-order valence-electron chi connectivity index (χ2n) is 5.70. The highest BCUT2D eigenvalue weighted by atomic mass is 32.2. The topological polar surface area (TPSA) is 129 Å². The number of fused-ring (bicyclic) bond motifs is 3. The predicted molar refractivity (Wildman–Crippen MR) is 85.3 cm³/mol. The molecule has 122 valence electrons. The van der Waals surface area contributed by atoms with E-state index in [2.05, 4.69) is 25.4 Å². The third-order valence-corrected chi connectivity index (χ3v) is 5.94. The van der Waals surface area contributed by atoms with Gasteiger partial charge in [-0.3, -0.25) is 0 Å². The van der Waals surface area contributed by atoms with E-state index in [0.717, 1.165) is 16.3 Å². The summed E-state index contributed by atoms with van der Waals surface area (Å²) in [6, 6.07) is 3.61. The Balaban J connectivity index is 1.78. The summed E-state index contributed by atoms with van der Waals surface area (Å²) in [6.07, 6.45) is 4.11. The summed E-state index contributed by atoms with van der Waals surface area (Å²) in [6.45, 7) is 0.729. The zero-order valence-corrected chi connectivity index (χ0v) is 13.4. The number of hydrogen-bond donors (Lipinski definition) is 1. The summed E-state index contributed by atoms with van der Waals surface area (Å²) in [5.74, 6) is -0.512. The molecule has 1 aliphatic heterocycles. The van der Waals surface area contributed by atoms with Crippen LogP contribution in [-0.2, 0) is 10.0 Å². The van der Waals surface area contributed by atoms with Crippen LogP contribution >= 0.6 is 0 Å². The summed E-state index contributed by atoms with van der Waals surface area (Å²) >= 11 is 0. The molecule has 1 fully saturated rings. The monoisotopic (exact) mass is 343 g/mol. The molecule has 0 bridgehead atoms. The standard InChI is InChI=1S/C14H13N7O2S/c15-3-6-24(22,23)21-5-2-9(8-21)11-7-17-18-14-12(11)10-1-4-16-13(10)19-20-14/h1,4,7,9H,2,5-6,8H2,(H,16,19). The first-order chi connectivity index (χ1) is 11.6. The van der Waals surface area contributed by atoms with E-state index in [1.807, 2.05) is 6.07 Å². The minimum Gasteiger partial charge on any atom is -0.345 e. The molecule has 0 radical (unpaired) electrons. The van der Waals surface area contributed by atoms with Crippen molar-refractivity contribution >= 4 is 32.1 Å². The first-order valence-electron chi connectivity index (χ1n) is 7.40. The van der Waals surface area contributed by atoms with Crippen molar-refractivity contribution in [1.29, 1.82) is 5.26 Å². The molecule has 0 spiro atoms. The van der Waals surface area contributed by atoms with Crippen molar-refractivity contribution in [1.82, 2.24) is 29.7 Å². The maximum atomic E-state index is 12.1. The van der Waals surface area contributed by atoms with Crippen LogP contribution in [0.25, 0.3) is 22.1 Å². The highest BCUT2D eigenvalue weighted by Gasteiger charge is 2.33. The van der Waals surface area contributed by atoms with Gasteiger partial charge in [0.05, 0.1) is 12.3 Å². The fraction of sp³-hybridized carbons (Fsp3) is 0.357. The Kier molecular flexibility index (Phi) is 3.40. The number of hydrogen-bond acceptors (Lipinski definition) is 7. The molecule has 3 aromatic heterocycles. The van der Waals surface area contributed by atoms with Crippen LogP contribution in [0.4, 0.5) is 0 Å². The van der Waals surface area contributed by atoms with Gasteiger partial charge in [-0.15, -0.1) is 15.3 Å². The van der Waals surface area contributed by atoms with E-state index >= 15 is 0 Å². The lowest BCUT2D eigenvalue weighted by atomic mass is 9.96. The number of sulfonamides is 1. The van der Waals surface area contributed by atoms with E-state index < -0.39 is 15.8 Å². The van der Waals surface area contributed by atoms with E-state index in [9.17, 15) is 8.42 Å². The minimum absolute atomic E-state index is 0.0150. The van der Waals surface area contributed by atoms with Gasteiger partial charge in [0, 0.05) is 36.0 Å². The van der Waals surface area contributed by atoms with Gasteiger partial charge in [-0.25, -0.2) is 12.7 Å². The molecule has 1 unspecified atom stereocenters. The first-order valence-corrected chi connectivity index (χ1v) is 9.01. The van der Waals surface area contributed by atoms with Crippen LogP contribution in [0.5, 0.6) is 0 Å². The van der Waals surface area contributed by atoms with Crippen molar-refractivity contribution in [2.24, 2.45) is 0 Å². The Morgan fingerprint density at radius 1 is 1.38 bits per heavy atom. The molecule has 3 aromatic rings. The summed E-state index contributed by atoms with van der Waals surface area (Å²) in [4.78, 5) is 3.02. The van der Waals surface area contributed by atoms with Crippen LogP contribution in [0, 0.1) is 11.3 Å². The average molecular weight is 343 g/mol. The summed E-state index contributed by atoms with van der Waals surface area (Å²) in [5.41, 5.74) is 2.01. The molecule has 10 heteroatoms. The van der Waals surface area contributed by atoms with Crippen LogP contribution in [0.2, 0.25) is 0 Å². The van der Waals surface area contributed by atoms with Crippen LogP contribution in [-0.4, -0.2) is 56.9 Å². The molecule has 24 heavy (non-hydrogen) atoms. The number of H-pyrrole nitrogens is 1. The molecular weight excluding hydrogens is 330 g/mol. The maximum Gasteiger partial charge on any atom is 0.227 e. The minimum atomic E-state index is -3.53. The van der Waals surface area contributed by atoms with Crippen molar-refractivity contribution in [3.05, 3.63) is 24.0 Å². The van der Waals surface area contributed by atoms with E-state index in [0.29, 0.717) is 30.8 Å². The second-order valence-corrected chi connectivity index (χ2v) is 7.67. The fourth-order valence-corrected chi connectivity index (χ4v) is 4.33. The third-order valence-electron chi connectivity index (χ3n) is 4.33. The van der Waals surface area contributed by atoms with Gasteiger partial charge in [0.2, 0.25) is 15.7 Å². The van der Waals surface area contributed by atoms with Crippen LogP contribution < -0.4 is 0 Å². The lowest BCUT2D eigenvalue weighted by Crippen LogP contribution is -2.30. The van der Waals surface area contributed by atoms with Gasteiger partial charge < -0.3 is 4.98 Å². The maximum absolute atomic E-state index is 12.1. The largest absolute Gasteiger partial charge is 0.345 e. The van der Waals surface area contributed by atoms with Gasteiger partial charge in [-0.2, -0.15) is 10.4 Å². The summed E-state index contributed by atoms with van der Waals surface area (Å²) < 4.78 is 25.6. The smallest absolute Gasteiger partial charge is 0.227 e. The number of nitriles is 1. The quantitative estimate of drug-likeness (QED) is 0.735. The Labute approximate surface area is 137 Å². The Hall–Kier alpha value is -2.64. The van der Waals surface area contributed by atoms with E-state index in [4.69, 9.17) is 5.26 Å². The first kappa shape index (κ1) is 14.9. The van der Waals surface area contributed by atoms with Gasteiger partial charge in [0.15, 0.2) is 11.4 Å². The second kappa shape index (κ2) is 5.47. The molecule has 4 rings (SSSR count). The molecule has 0 aromatic carbocycles. The summed E-state index contributed by atoms with van der Waals surface area (Å²) in [7, 11) is -3.53. The van der Waals surface area contributed by atoms with Crippen molar-refractivity contribution in [2.75, 3.05) is 18.8 Å². The molecule has 9 nitrogen and oxygen atoms in total. The highest BCUT2D eigenvalue weighted by Crippen LogP contribution is 2.34. The number of nitrogens with one attached hydrogen (secondary N) is 1. The van der Waals surface area contributed by atoms with Gasteiger partial charge in [0.25, 0.3) is 0 Å². The Morgan fingerprint density at radius 2 is 2.25 bits per heavy atom. The molecule has 0 amide bonds. The zero-order chi connectivity index (χ0) is 16.7. The van der Waals surface area contributed by atoms with E-state index in [1.165, 1.54) is 4.31 Å². The van der Waals surface area contributed by atoms with Crippen molar-refractivity contribution in [2.45, 2.75) is 12.3 Å². The average Bonchev–Trinajstić information content (AvgIpc) is 3.23. The van der Waals surface area contributed by atoms with Gasteiger partial charge >= 0.3 is 0 Å². The molecule has 0 saturated carbocycles. The van der Waals surface area contributed by atoms with Crippen molar-refractivity contribution in [3.8, 4) is 6.07 Å². The summed E-state index contributed by atoms with van der Waals surface area (Å²) in [5, 5.41) is 26.6. The van der Waals surface area contributed by atoms with Gasteiger partial charge in [-0.1, -0.05) is 0 Å². The zero-order valence-electron chi connectivity index (χ0n) is 12.5. The molecule has 1 N–H and O–H groups in total.